The van der Waals surface area contributed by atoms with Crippen LogP contribution in [0.4, 0.5) is 0 Å². The number of carbonyl (C=O) groups is 1. The first-order valence-corrected chi connectivity index (χ1v) is 10.4. The molecule has 3 fully saturated rings. The summed E-state index contributed by atoms with van der Waals surface area (Å²) in [5, 5.41) is 9.87. The number of carbonyl (C=O) groups excluding carboxylic acids is 1. The molecular weight excluding hydrogens is 322 g/mol. The van der Waals surface area contributed by atoms with Gasteiger partial charge in [0.05, 0.1) is 5.60 Å². The summed E-state index contributed by atoms with van der Waals surface area (Å²) in [6.45, 7) is 8.25. The quantitative estimate of drug-likeness (QED) is 0.870. The van der Waals surface area contributed by atoms with E-state index in [-0.39, 0.29) is 11.8 Å². The Balaban J connectivity index is 1.30. The second-order valence-electron chi connectivity index (χ2n) is 9.90. The molecule has 1 aliphatic heterocycles. The maximum atomic E-state index is 12.5. The molecule has 1 spiro atoms. The van der Waals surface area contributed by atoms with E-state index in [4.69, 9.17) is 0 Å². The van der Waals surface area contributed by atoms with Crippen molar-refractivity contribution in [2.45, 2.75) is 76.7 Å². The highest BCUT2D eigenvalue weighted by molar-refractivity contribution is 5.81. The van der Waals surface area contributed by atoms with Crippen molar-refractivity contribution in [3.63, 3.8) is 0 Å². The van der Waals surface area contributed by atoms with E-state index in [0.717, 1.165) is 13.1 Å². The second kappa shape index (κ2) is 6.37. The minimum atomic E-state index is -0.606. The SMILES string of the molecule is CC(C)c1cccc(C2CCC3(CC2)CN(C(=O)C2CC(C)(O)C2)C3)c1. The van der Waals surface area contributed by atoms with E-state index in [1.54, 1.807) is 0 Å². The standard InChI is InChI=1S/C23H33NO2/c1-16(2)18-5-4-6-19(11-18)17-7-9-23(10-8-17)14-24(15-23)21(25)20-12-22(3,26)13-20/h4-6,11,16-17,20,26H,7-10,12-15H2,1-3H3. The molecule has 26 heavy (non-hydrogen) atoms. The normalized spacial score (nSPS) is 31.0. The van der Waals surface area contributed by atoms with Crippen molar-refractivity contribution in [2.75, 3.05) is 13.1 Å². The van der Waals surface area contributed by atoms with Crippen LogP contribution >= 0.6 is 0 Å². The average molecular weight is 356 g/mol. The molecule has 0 radical (unpaired) electrons. The van der Waals surface area contributed by atoms with Crippen molar-refractivity contribution in [1.82, 2.24) is 4.90 Å². The molecule has 0 unspecified atom stereocenters. The number of nitrogens with zero attached hydrogens (tertiary/aromatic N) is 1. The summed E-state index contributed by atoms with van der Waals surface area (Å²) in [5.41, 5.74) is 2.73. The maximum Gasteiger partial charge on any atom is 0.225 e. The Kier molecular flexibility index (Phi) is 4.42. The number of hydrogen-bond donors (Lipinski definition) is 1. The van der Waals surface area contributed by atoms with Crippen molar-refractivity contribution in [1.29, 1.82) is 0 Å². The van der Waals surface area contributed by atoms with E-state index in [9.17, 15) is 9.90 Å². The van der Waals surface area contributed by atoms with E-state index in [2.05, 4.69) is 43.0 Å². The molecule has 3 heteroatoms. The van der Waals surface area contributed by atoms with Gasteiger partial charge in [-0.25, -0.2) is 0 Å². The highest BCUT2D eigenvalue weighted by atomic mass is 16.3. The molecule has 142 valence electrons. The minimum absolute atomic E-state index is 0.0671. The summed E-state index contributed by atoms with van der Waals surface area (Å²) in [5.74, 6) is 1.63. The number of amides is 1. The van der Waals surface area contributed by atoms with Crippen LogP contribution in [0.25, 0.3) is 0 Å². The summed E-state index contributed by atoms with van der Waals surface area (Å²) < 4.78 is 0. The van der Waals surface area contributed by atoms with Gasteiger partial charge in [-0.2, -0.15) is 0 Å². The zero-order chi connectivity index (χ0) is 18.5. The van der Waals surface area contributed by atoms with E-state index in [1.807, 2.05) is 6.92 Å². The fourth-order valence-electron chi connectivity index (χ4n) is 5.41. The highest BCUT2D eigenvalue weighted by Crippen LogP contribution is 2.50. The fourth-order valence-corrected chi connectivity index (χ4v) is 5.41. The first kappa shape index (κ1) is 18.0. The van der Waals surface area contributed by atoms with Gasteiger partial charge in [-0.15, -0.1) is 0 Å². The Bertz CT molecular complexity index is 669. The summed E-state index contributed by atoms with van der Waals surface area (Å²) >= 11 is 0. The summed E-state index contributed by atoms with van der Waals surface area (Å²) in [4.78, 5) is 14.6. The van der Waals surface area contributed by atoms with Crippen LogP contribution in [0.2, 0.25) is 0 Å². The fraction of sp³-hybridized carbons (Fsp3) is 0.696. The zero-order valence-electron chi connectivity index (χ0n) is 16.5. The lowest BCUT2D eigenvalue weighted by Gasteiger charge is -2.55. The maximum absolute atomic E-state index is 12.5. The molecule has 1 saturated heterocycles. The number of aliphatic hydroxyl groups is 1. The molecule has 1 amide bonds. The number of likely N-dealkylation sites (tertiary alicyclic amines) is 1. The van der Waals surface area contributed by atoms with Crippen LogP contribution in [0.15, 0.2) is 24.3 Å². The van der Waals surface area contributed by atoms with Gasteiger partial charge in [-0.3, -0.25) is 4.79 Å². The third kappa shape index (κ3) is 3.31. The first-order chi connectivity index (χ1) is 12.3. The molecule has 1 aromatic carbocycles. The van der Waals surface area contributed by atoms with Crippen molar-refractivity contribution in [3.05, 3.63) is 35.4 Å². The van der Waals surface area contributed by atoms with Gasteiger partial charge in [0.15, 0.2) is 0 Å². The Hall–Kier alpha value is -1.35. The lowest BCUT2D eigenvalue weighted by molar-refractivity contribution is -0.163. The monoisotopic (exact) mass is 355 g/mol. The van der Waals surface area contributed by atoms with Crippen molar-refractivity contribution >= 4 is 5.91 Å². The summed E-state index contributed by atoms with van der Waals surface area (Å²) in [6.07, 6.45) is 6.28. The van der Waals surface area contributed by atoms with E-state index in [0.29, 0.717) is 30.1 Å². The zero-order valence-corrected chi connectivity index (χ0v) is 16.5. The molecule has 2 aliphatic carbocycles. The third-order valence-electron chi connectivity index (χ3n) is 7.18. The van der Waals surface area contributed by atoms with Gasteiger partial charge in [-0.05, 0) is 68.4 Å². The Morgan fingerprint density at radius 2 is 1.85 bits per heavy atom. The molecule has 1 N–H and O–H groups in total. The molecule has 1 heterocycles. The van der Waals surface area contributed by atoms with Crippen LogP contribution in [0.5, 0.6) is 0 Å². The van der Waals surface area contributed by atoms with Gasteiger partial charge in [0.25, 0.3) is 0 Å². The average Bonchev–Trinajstić information content (AvgIpc) is 2.57. The molecule has 1 aromatic rings. The largest absolute Gasteiger partial charge is 0.390 e. The van der Waals surface area contributed by atoms with Crippen LogP contribution in [0.1, 0.15) is 82.3 Å². The second-order valence-corrected chi connectivity index (χ2v) is 9.90. The minimum Gasteiger partial charge on any atom is -0.390 e. The Morgan fingerprint density at radius 1 is 1.19 bits per heavy atom. The molecule has 2 saturated carbocycles. The molecule has 3 aliphatic rings. The molecule has 3 nitrogen and oxygen atoms in total. The predicted octanol–water partition coefficient (Wildman–Crippen LogP) is 4.46. The number of rotatable bonds is 3. The number of hydrogen-bond acceptors (Lipinski definition) is 2. The van der Waals surface area contributed by atoms with Gasteiger partial charge < -0.3 is 10.0 Å². The van der Waals surface area contributed by atoms with Gasteiger partial charge in [-0.1, -0.05) is 38.1 Å². The lowest BCUT2D eigenvalue weighted by Crippen LogP contribution is -2.62. The predicted molar refractivity (Wildman–Crippen MR) is 104 cm³/mol. The topological polar surface area (TPSA) is 40.5 Å². The van der Waals surface area contributed by atoms with Gasteiger partial charge in [0.1, 0.15) is 0 Å². The Morgan fingerprint density at radius 3 is 2.42 bits per heavy atom. The van der Waals surface area contributed by atoms with Crippen LogP contribution in [0, 0.1) is 11.3 Å². The highest BCUT2D eigenvalue weighted by Gasteiger charge is 2.51. The van der Waals surface area contributed by atoms with Crippen LogP contribution in [-0.4, -0.2) is 34.6 Å². The van der Waals surface area contributed by atoms with Gasteiger partial charge in [0.2, 0.25) is 5.91 Å². The van der Waals surface area contributed by atoms with Crippen LogP contribution in [0.3, 0.4) is 0 Å². The van der Waals surface area contributed by atoms with Crippen LogP contribution in [-0.2, 0) is 4.79 Å². The van der Waals surface area contributed by atoms with Crippen molar-refractivity contribution in [2.24, 2.45) is 11.3 Å². The van der Waals surface area contributed by atoms with E-state index in [1.165, 1.54) is 36.8 Å². The van der Waals surface area contributed by atoms with Crippen molar-refractivity contribution < 1.29 is 9.90 Å². The Labute approximate surface area is 157 Å². The molecule has 0 atom stereocenters. The first-order valence-electron chi connectivity index (χ1n) is 10.4. The smallest absolute Gasteiger partial charge is 0.225 e. The molecule has 0 aromatic heterocycles. The molecule has 4 rings (SSSR count). The summed E-state index contributed by atoms with van der Waals surface area (Å²) in [6, 6.07) is 9.16. The lowest BCUT2D eigenvalue weighted by atomic mass is 9.63. The number of benzene rings is 1. The third-order valence-corrected chi connectivity index (χ3v) is 7.18. The summed E-state index contributed by atoms with van der Waals surface area (Å²) in [7, 11) is 0. The van der Waals surface area contributed by atoms with E-state index < -0.39 is 5.60 Å². The van der Waals surface area contributed by atoms with Gasteiger partial charge in [0, 0.05) is 24.4 Å². The molecular formula is C23H33NO2. The van der Waals surface area contributed by atoms with E-state index >= 15 is 0 Å². The van der Waals surface area contributed by atoms with Crippen molar-refractivity contribution in [3.8, 4) is 0 Å². The van der Waals surface area contributed by atoms with Crippen LogP contribution < -0.4 is 0 Å². The van der Waals surface area contributed by atoms with Gasteiger partial charge >= 0.3 is 0 Å². The molecule has 0 bridgehead atoms.